The molecule has 2 aromatic rings. The van der Waals surface area contributed by atoms with Crippen molar-refractivity contribution in [2.45, 2.75) is 31.6 Å². The zero-order chi connectivity index (χ0) is 22.8. The van der Waals surface area contributed by atoms with Crippen molar-refractivity contribution in [3.63, 3.8) is 0 Å². The predicted molar refractivity (Wildman–Crippen MR) is 111 cm³/mol. The van der Waals surface area contributed by atoms with E-state index < -0.39 is 26.6 Å². The molecule has 0 unspecified atom stereocenters. The lowest BCUT2D eigenvalue weighted by Crippen LogP contribution is -2.50. The maximum absolute atomic E-state index is 13.9. The number of hydrogen-bond acceptors (Lipinski definition) is 4. The third-order valence-electron chi connectivity index (χ3n) is 5.50. The third-order valence-corrected chi connectivity index (χ3v) is 7.41. The number of carbonyl (C=O) groups excluding carboxylic acids is 2. The van der Waals surface area contributed by atoms with Gasteiger partial charge in [0, 0.05) is 44.6 Å². The van der Waals surface area contributed by atoms with E-state index in [-0.39, 0.29) is 50.7 Å². The summed E-state index contributed by atoms with van der Waals surface area (Å²) in [6.07, 6.45) is 0.0887. The van der Waals surface area contributed by atoms with Crippen molar-refractivity contribution in [1.29, 1.82) is 0 Å². The van der Waals surface area contributed by atoms with Crippen LogP contribution in [0.25, 0.3) is 0 Å². The molecular weight excluding hydrogens is 426 g/mol. The van der Waals surface area contributed by atoms with Crippen LogP contribution in [0.3, 0.4) is 0 Å². The highest BCUT2D eigenvalue weighted by molar-refractivity contribution is 7.89. The highest BCUT2D eigenvalue weighted by atomic mass is 32.2. The molecule has 0 bridgehead atoms. The van der Waals surface area contributed by atoms with Crippen LogP contribution in [0.15, 0.2) is 41.3 Å². The fourth-order valence-electron chi connectivity index (χ4n) is 3.43. The molecule has 6 nitrogen and oxygen atoms in total. The van der Waals surface area contributed by atoms with Gasteiger partial charge in [-0.15, -0.1) is 0 Å². The molecule has 0 aromatic heterocycles. The van der Waals surface area contributed by atoms with E-state index >= 15 is 0 Å². The molecule has 1 saturated heterocycles. The van der Waals surface area contributed by atoms with Gasteiger partial charge in [0.05, 0.1) is 0 Å². The minimum atomic E-state index is -4.21. The number of nitrogens with zero attached hydrogens (tertiary/aromatic N) is 2. The Morgan fingerprint density at radius 1 is 0.903 bits per heavy atom. The quantitative estimate of drug-likeness (QED) is 0.634. The Bertz CT molecular complexity index is 1110. The van der Waals surface area contributed by atoms with Crippen molar-refractivity contribution in [2.75, 3.05) is 26.2 Å². The highest BCUT2D eigenvalue weighted by Crippen LogP contribution is 2.22. The summed E-state index contributed by atoms with van der Waals surface area (Å²) in [4.78, 5) is 25.6. The lowest BCUT2D eigenvalue weighted by Gasteiger charge is -2.34. The van der Waals surface area contributed by atoms with Gasteiger partial charge in [0.15, 0.2) is 5.78 Å². The van der Waals surface area contributed by atoms with E-state index in [0.29, 0.717) is 11.6 Å². The van der Waals surface area contributed by atoms with Crippen molar-refractivity contribution < 1.29 is 26.8 Å². The number of aryl methyl sites for hydroxylation is 2. The molecule has 166 valence electrons. The first kappa shape index (κ1) is 23.0. The van der Waals surface area contributed by atoms with Gasteiger partial charge >= 0.3 is 0 Å². The number of benzene rings is 2. The standard InChI is InChI=1S/C22H24F2N2O4S/c1-15-3-4-17(13-16(15)2)20(27)7-8-22(28)25-9-11-26(12-10-25)31(29,30)21-14-18(23)5-6-19(21)24/h3-6,13-14H,7-12H2,1-2H3. The Morgan fingerprint density at radius 3 is 2.23 bits per heavy atom. The summed E-state index contributed by atoms with van der Waals surface area (Å²) in [5, 5.41) is 0. The molecule has 31 heavy (non-hydrogen) atoms. The molecule has 0 radical (unpaired) electrons. The van der Waals surface area contributed by atoms with Gasteiger partial charge in [-0.05, 0) is 49.2 Å². The normalized spacial score (nSPS) is 15.2. The van der Waals surface area contributed by atoms with Gasteiger partial charge < -0.3 is 4.90 Å². The molecule has 0 N–H and O–H groups in total. The first-order valence-corrected chi connectivity index (χ1v) is 11.4. The summed E-state index contributed by atoms with van der Waals surface area (Å²) in [6, 6.07) is 7.69. The van der Waals surface area contributed by atoms with Crippen LogP contribution in [0, 0.1) is 25.5 Å². The average molecular weight is 451 g/mol. The Hall–Kier alpha value is -2.65. The fourth-order valence-corrected chi connectivity index (χ4v) is 4.93. The van der Waals surface area contributed by atoms with Crippen LogP contribution in [0.5, 0.6) is 0 Å². The Balaban J connectivity index is 1.56. The largest absolute Gasteiger partial charge is 0.340 e. The SMILES string of the molecule is Cc1ccc(C(=O)CCC(=O)N2CCN(S(=O)(=O)c3cc(F)ccc3F)CC2)cc1C. The van der Waals surface area contributed by atoms with Crippen LogP contribution >= 0.6 is 0 Å². The highest BCUT2D eigenvalue weighted by Gasteiger charge is 2.32. The molecule has 0 spiro atoms. The van der Waals surface area contributed by atoms with Gasteiger partial charge in [0.1, 0.15) is 16.5 Å². The van der Waals surface area contributed by atoms with Crippen molar-refractivity contribution in [3.05, 3.63) is 64.7 Å². The average Bonchev–Trinajstić information content (AvgIpc) is 2.75. The molecule has 1 fully saturated rings. The number of piperazine rings is 1. The van der Waals surface area contributed by atoms with Crippen LogP contribution in [-0.4, -0.2) is 55.5 Å². The van der Waals surface area contributed by atoms with Crippen LogP contribution in [0.4, 0.5) is 8.78 Å². The number of halogens is 2. The third kappa shape index (κ3) is 5.16. The van der Waals surface area contributed by atoms with Gasteiger partial charge in [-0.3, -0.25) is 9.59 Å². The molecule has 3 rings (SSSR count). The molecule has 1 aliphatic heterocycles. The second kappa shape index (κ2) is 9.23. The monoisotopic (exact) mass is 450 g/mol. The Morgan fingerprint density at radius 2 is 1.58 bits per heavy atom. The van der Waals surface area contributed by atoms with Crippen LogP contribution < -0.4 is 0 Å². The van der Waals surface area contributed by atoms with E-state index in [1.165, 1.54) is 4.90 Å². The summed E-state index contributed by atoms with van der Waals surface area (Å²) < 4.78 is 53.6. The number of hydrogen-bond donors (Lipinski definition) is 0. The second-order valence-electron chi connectivity index (χ2n) is 7.58. The van der Waals surface area contributed by atoms with Crippen molar-refractivity contribution in [3.8, 4) is 0 Å². The zero-order valence-corrected chi connectivity index (χ0v) is 18.2. The molecule has 0 atom stereocenters. The number of ketones is 1. The Kier molecular flexibility index (Phi) is 6.86. The van der Waals surface area contributed by atoms with Gasteiger partial charge in [-0.25, -0.2) is 17.2 Å². The minimum Gasteiger partial charge on any atom is -0.340 e. The van der Waals surface area contributed by atoms with E-state index in [1.54, 1.807) is 12.1 Å². The van der Waals surface area contributed by atoms with Gasteiger partial charge in [0.2, 0.25) is 15.9 Å². The maximum Gasteiger partial charge on any atom is 0.246 e. The van der Waals surface area contributed by atoms with E-state index in [4.69, 9.17) is 0 Å². The first-order chi connectivity index (χ1) is 14.6. The summed E-state index contributed by atoms with van der Waals surface area (Å²) in [7, 11) is -4.21. The van der Waals surface area contributed by atoms with E-state index in [1.807, 2.05) is 19.9 Å². The van der Waals surface area contributed by atoms with Crippen molar-refractivity contribution in [2.24, 2.45) is 0 Å². The lowest BCUT2D eigenvalue weighted by atomic mass is 10.0. The number of sulfonamides is 1. The number of amides is 1. The van der Waals surface area contributed by atoms with Crippen molar-refractivity contribution >= 4 is 21.7 Å². The number of Topliss-reactive ketones (excluding diaryl/α,β-unsaturated/α-hetero) is 1. The Labute approximate surface area is 180 Å². The summed E-state index contributed by atoms with van der Waals surface area (Å²) in [6.45, 7) is 4.04. The fraction of sp³-hybridized carbons (Fsp3) is 0.364. The number of carbonyl (C=O) groups is 2. The summed E-state index contributed by atoms with van der Waals surface area (Å²) >= 11 is 0. The van der Waals surface area contributed by atoms with E-state index in [2.05, 4.69) is 0 Å². The molecule has 0 aliphatic carbocycles. The van der Waals surface area contributed by atoms with E-state index in [9.17, 15) is 26.8 Å². The second-order valence-corrected chi connectivity index (χ2v) is 9.49. The van der Waals surface area contributed by atoms with Crippen molar-refractivity contribution in [1.82, 2.24) is 9.21 Å². The molecule has 1 aliphatic rings. The molecule has 9 heteroatoms. The maximum atomic E-state index is 13.9. The van der Waals surface area contributed by atoms with Crippen LogP contribution in [0.1, 0.15) is 34.3 Å². The summed E-state index contributed by atoms with van der Waals surface area (Å²) in [5.74, 6) is -2.24. The molecular formula is C22H24F2N2O4S. The molecule has 2 aromatic carbocycles. The number of rotatable bonds is 6. The predicted octanol–water partition coefficient (Wildman–Crippen LogP) is 3.08. The first-order valence-electron chi connectivity index (χ1n) is 9.93. The molecule has 1 heterocycles. The topological polar surface area (TPSA) is 74.8 Å². The minimum absolute atomic E-state index is 0.0248. The smallest absolute Gasteiger partial charge is 0.246 e. The summed E-state index contributed by atoms with van der Waals surface area (Å²) in [5.41, 5.74) is 2.65. The molecule has 1 amide bonds. The van der Waals surface area contributed by atoms with Gasteiger partial charge in [-0.1, -0.05) is 12.1 Å². The van der Waals surface area contributed by atoms with Gasteiger partial charge in [0.25, 0.3) is 0 Å². The van der Waals surface area contributed by atoms with Gasteiger partial charge in [-0.2, -0.15) is 4.31 Å². The van der Waals surface area contributed by atoms with Crippen LogP contribution in [-0.2, 0) is 14.8 Å². The molecule has 0 saturated carbocycles. The van der Waals surface area contributed by atoms with Crippen LogP contribution in [0.2, 0.25) is 0 Å². The zero-order valence-electron chi connectivity index (χ0n) is 17.4. The van der Waals surface area contributed by atoms with E-state index in [0.717, 1.165) is 27.6 Å². The lowest BCUT2D eigenvalue weighted by molar-refractivity contribution is -0.132.